The van der Waals surface area contributed by atoms with Crippen LogP contribution in [0.3, 0.4) is 0 Å². The predicted octanol–water partition coefficient (Wildman–Crippen LogP) is 7.42. The number of nitrogens with zero attached hydrogens (tertiary/aromatic N) is 1. The minimum atomic E-state index is -0.443. The highest BCUT2D eigenvalue weighted by atomic mass is 35.5. The van der Waals surface area contributed by atoms with Gasteiger partial charge in [0.2, 0.25) is 0 Å². The van der Waals surface area contributed by atoms with Crippen molar-refractivity contribution in [2.24, 2.45) is 0 Å². The normalized spacial score (nSPS) is 21.9. The van der Waals surface area contributed by atoms with E-state index in [4.69, 9.17) is 16.3 Å². The molecule has 0 amide bonds. The number of carbonyl (C=O) groups is 2. The van der Waals surface area contributed by atoms with Crippen LogP contribution in [0, 0.1) is 0 Å². The fourth-order valence-electron chi connectivity index (χ4n) is 6.48. The van der Waals surface area contributed by atoms with Gasteiger partial charge in [0, 0.05) is 53.1 Å². The van der Waals surface area contributed by atoms with Gasteiger partial charge in [-0.05, 0) is 94.2 Å². The van der Waals surface area contributed by atoms with E-state index in [9.17, 15) is 9.59 Å². The van der Waals surface area contributed by atoms with Crippen LogP contribution >= 0.6 is 11.6 Å². The van der Waals surface area contributed by atoms with Gasteiger partial charge >= 0.3 is 5.97 Å². The number of dihydropyridines is 1. The van der Waals surface area contributed by atoms with Gasteiger partial charge in [-0.2, -0.15) is 0 Å². The number of benzene rings is 2. The molecule has 5 rings (SSSR count). The van der Waals surface area contributed by atoms with Gasteiger partial charge in [0.05, 0.1) is 5.57 Å². The molecule has 2 unspecified atom stereocenters. The SMILES string of the molecule is CCN(CC)c1ccc(C2C(C(=O)OC3CCCCC3)=C(C)NC3=C2C(=O)CC(c2ccc(Cl)cc2)C3)cc1. The van der Waals surface area contributed by atoms with Gasteiger partial charge in [-0.3, -0.25) is 4.79 Å². The summed E-state index contributed by atoms with van der Waals surface area (Å²) in [4.78, 5) is 29.9. The number of carbonyl (C=O) groups excluding carboxylic acids is 2. The lowest BCUT2D eigenvalue weighted by Crippen LogP contribution is -2.37. The number of ketones is 1. The molecule has 1 fully saturated rings. The molecule has 206 valence electrons. The van der Waals surface area contributed by atoms with Gasteiger partial charge in [-0.1, -0.05) is 42.3 Å². The predicted molar refractivity (Wildman–Crippen MR) is 157 cm³/mol. The molecule has 1 N–H and O–H groups in total. The average Bonchev–Trinajstić information content (AvgIpc) is 2.94. The maximum Gasteiger partial charge on any atom is 0.337 e. The minimum Gasteiger partial charge on any atom is -0.459 e. The van der Waals surface area contributed by atoms with Crippen molar-refractivity contribution < 1.29 is 14.3 Å². The molecule has 1 aliphatic heterocycles. The van der Waals surface area contributed by atoms with E-state index in [0.29, 0.717) is 29.0 Å². The lowest BCUT2D eigenvalue weighted by molar-refractivity contribution is -0.146. The average molecular weight is 547 g/mol. The number of allylic oxidation sites excluding steroid dienone is 3. The van der Waals surface area contributed by atoms with E-state index in [2.05, 4.69) is 48.3 Å². The summed E-state index contributed by atoms with van der Waals surface area (Å²) < 4.78 is 6.07. The summed E-state index contributed by atoms with van der Waals surface area (Å²) in [5.41, 5.74) is 6.15. The van der Waals surface area contributed by atoms with Crippen molar-refractivity contribution in [1.82, 2.24) is 5.32 Å². The molecule has 5 nitrogen and oxygen atoms in total. The van der Waals surface area contributed by atoms with Crippen LogP contribution in [0.25, 0.3) is 0 Å². The Bertz CT molecular complexity index is 1270. The Hall–Kier alpha value is -3.05. The van der Waals surface area contributed by atoms with E-state index >= 15 is 0 Å². The molecule has 2 aliphatic carbocycles. The molecule has 1 heterocycles. The number of ether oxygens (including phenoxy) is 1. The van der Waals surface area contributed by atoms with Gasteiger partial charge in [0.15, 0.2) is 5.78 Å². The first kappa shape index (κ1) is 27.5. The van der Waals surface area contributed by atoms with Gasteiger partial charge in [0.1, 0.15) is 6.10 Å². The summed E-state index contributed by atoms with van der Waals surface area (Å²) >= 11 is 6.12. The third-order valence-electron chi connectivity index (χ3n) is 8.57. The molecular formula is C33H39ClN2O3. The van der Waals surface area contributed by atoms with Gasteiger partial charge in [-0.25, -0.2) is 4.79 Å². The first-order valence-corrected chi connectivity index (χ1v) is 14.8. The maximum atomic E-state index is 13.9. The molecule has 2 aromatic rings. The second kappa shape index (κ2) is 12.0. The third kappa shape index (κ3) is 5.79. The molecule has 2 aromatic carbocycles. The molecule has 0 bridgehead atoms. The van der Waals surface area contributed by atoms with Crippen LogP contribution in [0.2, 0.25) is 5.02 Å². The highest BCUT2D eigenvalue weighted by Crippen LogP contribution is 2.46. The number of anilines is 1. The van der Waals surface area contributed by atoms with Gasteiger partial charge in [-0.15, -0.1) is 0 Å². The van der Waals surface area contributed by atoms with Crippen molar-refractivity contribution in [1.29, 1.82) is 0 Å². The first-order chi connectivity index (χ1) is 18.9. The fourth-order valence-corrected chi connectivity index (χ4v) is 6.60. The van der Waals surface area contributed by atoms with E-state index in [1.807, 2.05) is 31.2 Å². The Morgan fingerprint density at radius 1 is 0.949 bits per heavy atom. The van der Waals surface area contributed by atoms with Crippen LogP contribution in [-0.4, -0.2) is 30.9 Å². The van der Waals surface area contributed by atoms with E-state index in [-0.39, 0.29) is 23.8 Å². The highest BCUT2D eigenvalue weighted by Gasteiger charge is 2.42. The quantitative estimate of drug-likeness (QED) is 0.366. The third-order valence-corrected chi connectivity index (χ3v) is 8.82. The second-order valence-corrected chi connectivity index (χ2v) is 11.4. The molecule has 0 radical (unpaired) electrons. The number of esters is 1. The van der Waals surface area contributed by atoms with Gasteiger partial charge < -0.3 is 15.0 Å². The highest BCUT2D eigenvalue weighted by molar-refractivity contribution is 6.30. The molecule has 39 heavy (non-hydrogen) atoms. The van der Waals surface area contributed by atoms with Crippen molar-refractivity contribution in [2.45, 2.75) is 83.7 Å². The summed E-state index contributed by atoms with van der Waals surface area (Å²) in [7, 11) is 0. The van der Waals surface area contributed by atoms with Crippen molar-refractivity contribution in [3.05, 3.63) is 87.2 Å². The number of hydrogen-bond donors (Lipinski definition) is 1. The summed E-state index contributed by atoms with van der Waals surface area (Å²) in [6, 6.07) is 16.1. The van der Waals surface area contributed by atoms with Crippen molar-refractivity contribution in [2.75, 3.05) is 18.0 Å². The standard InChI is InChI=1S/C33H39ClN2O3/c1-4-36(5-2)26-17-13-23(14-18-26)31-30(33(38)39-27-9-7-6-8-10-27)21(3)35-28-19-24(20-29(37)32(28)31)22-11-15-25(34)16-12-22/h11-18,24,27,31,35H,4-10,19-20H2,1-3H3. The van der Waals surface area contributed by atoms with Crippen LogP contribution in [0.1, 0.15) is 88.7 Å². The van der Waals surface area contributed by atoms with Crippen molar-refractivity contribution in [3.63, 3.8) is 0 Å². The molecule has 0 saturated heterocycles. The van der Waals surface area contributed by atoms with Crippen LogP contribution in [0.15, 0.2) is 71.1 Å². The largest absolute Gasteiger partial charge is 0.459 e. The lowest BCUT2D eigenvalue weighted by Gasteiger charge is -2.37. The zero-order chi connectivity index (χ0) is 27.5. The molecule has 0 spiro atoms. The maximum absolute atomic E-state index is 13.9. The zero-order valence-electron chi connectivity index (χ0n) is 23.3. The van der Waals surface area contributed by atoms with Crippen LogP contribution in [-0.2, 0) is 14.3 Å². The Morgan fingerprint density at radius 2 is 1.59 bits per heavy atom. The van der Waals surface area contributed by atoms with Crippen LogP contribution in [0.5, 0.6) is 0 Å². The molecule has 0 aromatic heterocycles. The molecule has 3 aliphatic rings. The number of Topliss-reactive ketones (excluding diaryl/α,β-unsaturated/α-hetero) is 1. The summed E-state index contributed by atoms with van der Waals surface area (Å²) in [6.45, 7) is 8.06. The fraction of sp³-hybridized carbons (Fsp3) is 0.455. The summed E-state index contributed by atoms with van der Waals surface area (Å²) in [6.07, 6.45) is 6.24. The van der Waals surface area contributed by atoms with Crippen molar-refractivity contribution in [3.8, 4) is 0 Å². The summed E-state index contributed by atoms with van der Waals surface area (Å²) in [5.74, 6) is -0.599. The Morgan fingerprint density at radius 3 is 2.23 bits per heavy atom. The first-order valence-electron chi connectivity index (χ1n) is 14.4. The lowest BCUT2D eigenvalue weighted by atomic mass is 9.71. The smallest absolute Gasteiger partial charge is 0.337 e. The second-order valence-electron chi connectivity index (χ2n) is 11.0. The van der Waals surface area contributed by atoms with E-state index in [1.165, 1.54) is 6.42 Å². The number of halogens is 1. The summed E-state index contributed by atoms with van der Waals surface area (Å²) in [5, 5.41) is 4.16. The number of rotatable bonds is 7. The molecular weight excluding hydrogens is 508 g/mol. The molecule has 1 saturated carbocycles. The Balaban J connectivity index is 1.52. The Kier molecular flexibility index (Phi) is 8.46. The van der Waals surface area contributed by atoms with Gasteiger partial charge in [0.25, 0.3) is 0 Å². The van der Waals surface area contributed by atoms with Crippen molar-refractivity contribution >= 4 is 29.0 Å². The molecule has 6 heteroatoms. The minimum absolute atomic E-state index is 0.0519. The van der Waals surface area contributed by atoms with Crippen LogP contribution in [0.4, 0.5) is 5.69 Å². The number of hydrogen-bond acceptors (Lipinski definition) is 5. The van der Waals surface area contributed by atoms with E-state index < -0.39 is 5.92 Å². The zero-order valence-corrected chi connectivity index (χ0v) is 24.0. The Labute approximate surface area is 237 Å². The van der Waals surface area contributed by atoms with E-state index in [0.717, 1.165) is 67.0 Å². The number of nitrogens with one attached hydrogen (secondary N) is 1. The van der Waals surface area contributed by atoms with Crippen LogP contribution < -0.4 is 10.2 Å². The van der Waals surface area contributed by atoms with E-state index in [1.54, 1.807) is 0 Å². The molecule has 2 atom stereocenters. The monoisotopic (exact) mass is 546 g/mol. The topological polar surface area (TPSA) is 58.6 Å².